The largest absolute Gasteiger partial charge is 0.380 e. The average molecular weight is 310 g/mol. The van der Waals surface area contributed by atoms with Crippen LogP contribution in [0.1, 0.15) is 11.1 Å². The Bertz CT molecular complexity index is 709. The van der Waals surface area contributed by atoms with Crippen LogP contribution < -0.4 is 5.32 Å². The molecule has 20 heavy (non-hydrogen) atoms. The van der Waals surface area contributed by atoms with Crippen LogP contribution in [0.4, 0.5) is 5.69 Å². The molecule has 3 nitrogen and oxygen atoms in total. The summed E-state index contributed by atoms with van der Waals surface area (Å²) in [6.07, 6.45) is 1.18. The van der Waals surface area contributed by atoms with Crippen molar-refractivity contribution in [3.05, 3.63) is 58.6 Å². The molecule has 106 valence electrons. The number of benzene rings is 2. The number of hydrogen-bond acceptors (Lipinski definition) is 3. The van der Waals surface area contributed by atoms with Crippen LogP contribution in [0.5, 0.6) is 0 Å². The zero-order chi connectivity index (χ0) is 14.8. The second kappa shape index (κ2) is 5.85. The molecule has 0 amide bonds. The maximum atomic E-state index is 11.5. The Balaban J connectivity index is 2.19. The highest BCUT2D eigenvalue weighted by atomic mass is 35.5. The minimum atomic E-state index is -3.23. The molecular formula is C15H16ClNO2S. The number of halogens is 1. The third-order valence-electron chi connectivity index (χ3n) is 2.97. The summed E-state index contributed by atoms with van der Waals surface area (Å²) in [5, 5.41) is 3.67. The normalized spacial score (nSPS) is 11.3. The molecule has 0 fully saturated rings. The zero-order valence-electron chi connectivity index (χ0n) is 11.4. The summed E-state index contributed by atoms with van der Waals surface area (Å²) in [6.45, 7) is 2.62. The molecule has 0 bridgehead atoms. The van der Waals surface area contributed by atoms with Crippen LogP contribution in [0.25, 0.3) is 0 Å². The van der Waals surface area contributed by atoms with Crippen LogP contribution in [-0.4, -0.2) is 14.7 Å². The predicted octanol–water partition coefficient (Wildman–Crippen LogP) is 3.66. The van der Waals surface area contributed by atoms with Crippen LogP contribution in [-0.2, 0) is 16.4 Å². The highest BCUT2D eigenvalue weighted by Gasteiger charge is 2.10. The molecule has 2 aromatic carbocycles. The first-order valence-corrected chi connectivity index (χ1v) is 8.42. The van der Waals surface area contributed by atoms with Gasteiger partial charge in [-0.1, -0.05) is 41.4 Å². The van der Waals surface area contributed by atoms with Crippen molar-refractivity contribution in [1.82, 2.24) is 0 Å². The Morgan fingerprint density at radius 3 is 2.35 bits per heavy atom. The summed E-state index contributed by atoms with van der Waals surface area (Å²) in [6, 6.07) is 12.8. The molecule has 0 heterocycles. The summed E-state index contributed by atoms with van der Waals surface area (Å²) in [5.74, 6) is 0. The summed E-state index contributed by atoms with van der Waals surface area (Å²) in [4.78, 5) is 0.258. The van der Waals surface area contributed by atoms with Crippen LogP contribution in [0.3, 0.4) is 0 Å². The first kappa shape index (κ1) is 14.9. The highest BCUT2D eigenvalue weighted by Crippen LogP contribution is 2.25. The Kier molecular flexibility index (Phi) is 4.35. The van der Waals surface area contributed by atoms with E-state index in [0.29, 0.717) is 17.3 Å². The zero-order valence-corrected chi connectivity index (χ0v) is 12.9. The molecule has 2 aromatic rings. The van der Waals surface area contributed by atoms with Crippen LogP contribution in [0.2, 0.25) is 5.02 Å². The van der Waals surface area contributed by atoms with Gasteiger partial charge in [0.15, 0.2) is 9.84 Å². The Labute approximate surface area is 124 Å². The number of rotatable bonds is 4. The fraction of sp³-hybridized carbons (Fsp3) is 0.200. The molecule has 0 aliphatic rings. The van der Waals surface area contributed by atoms with Crippen LogP contribution in [0, 0.1) is 6.92 Å². The topological polar surface area (TPSA) is 46.2 Å². The second-order valence-electron chi connectivity index (χ2n) is 4.75. The predicted molar refractivity (Wildman–Crippen MR) is 83.1 cm³/mol. The number of nitrogens with one attached hydrogen (secondary N) is 1. The van der Waals surface area contributed by atoms with Crippen LogP contribution in [0.15, 0.2) is 47.4 Å². The van der Waals surface area contributed by atoms with Gasteiger partial charge in [0.05, 0.1) is 15.6 Å². The van der Waals surface area contributed by atoms with E-state index in [0.717, 1.165) is 5.56 Å². The van der Waals surface area contributed by atoms with Gasteiger partial charge in [-0.15, -0.1) is 0 Å². The van der Waals surface area contributed by atoms with Gasteiger partial charge in [0.25, 0.3) is 0 Å². The molecule has 0 atom stereocenters. The van der Waals surface area contributed by atoms with E-state index in [-0.39, 0.29) is 4.90 Å². The van der Waals surface area contributed by atoms with E-state index in [9.17, 15) is 8.42 Å². The molecule has 0 saturated heterocycles. The minimum absolute atomic E-state index is 0.258. The SMILES string of the molecule is Cc1ccc(CNc2cc(S(C)(=O)=O)ccc2Cl)cc1. The lowest BCUT2D eigenvalue weighted by atomic mass is 10.1. The summed E-state index contributed by atoms with van der Waals surface area (Å²) in [5.41, 5.74) is 2.93. The van der Waals surface area contributed by atoms with Gasteiger partial charge in [-0.3, -0.25) is 0 Å². The molecule has 0 saturated carbocycles. The molecule has 0 aromatic heterocycles. The van der Waals surface area contributed by atoms with Crippen molar-refractivity contribution in [3.8, 4) is 0 Å². The van der Waals surface area contributed by atoms with E-state index in [4.69, 9.17) is 11.6 Å². The third kappa shape index (κ3) is 3.74. The number of hydrogen-bond donors (Lipinski definition) is 1. The summed E-state index contributed by atoms with van der Waals surface area (Å²) < 4.78 is 23.1. The van der Waals surface area contributed by atoms with Gasteiger partial charge in [0.2, 0.25) is 0 Å². The van der Waals surface area contributed by atoms with E-state index >= 15 is 0 Å². The summed E-state index contributed by atoms with van der Waals surface area (Å²) >= 11 is 6.08. The Hall–Kier alpha value is -1.52. The fourth-order valence-electron chi connectivity index (χ4n) is 1.77. The van der Waals surface area contributed by atoms with Crippen molar-refractivity contribution in [2.75, 3.05) is 11.6 Å². The van der Waals surface area contributed by atoms with Gasteiger partial charge in [-0.2, -0.15) is 0 Å². The second-order valence-corrected chi connectivity index (χ2v) is 7.18. The number of anilines is 1. The average Bonchev–Trinajstić information content (AvgIpc) is 2.38. The Morgan fingerprint density at radius 2 is 1.75 bits per heavy atom. The van der Waals surface area contributed by atoms with Crippen LogP contribution >= 0.6 is 11.6 Å². The molecule has 0 spiro atoms. The lowest BCUT2D eigenvalue weighted by molar-refractivity contribution is 0.602. The van der Waals surface area contributed by atoms with Crippen molar-refractivity contribution in [2.45, 2.75) is 18.4 Å². The van der Waals surface area contributed by atoms with Gasteiger partial charge in [0, 0.05) is 12.8 Å². The van der Waals surface area contributed by atoms with E-state index in [1.54, 1.807) is 12.1 Å². The summed E-state index contributed by atoms with van der Waals surface area (Å²) in [7, 11) is -3.23. The highest BCUT2D eigenvalue weighted by molar-refractivity contribution is 7.90. The van der Waals surface area contributed by atoms with Crippen molar-refractivity contribution in [2.24, 2.45) is 0 Å². The first-order chi connectivity index (χ1) is 9.36. The monoisotopic (exact) mass is 309 g/mol. The number of aryl methyl sites for hydroxylation is 1. The van der Waals surface area contributed by atoms with Gasteiger partial charge >= 0.3 is 0 Å². The standard InChI is InChI=1S/C15H16ClNO2S/c1-11-3-5-12(6-4-11)10-17-15-9-13(20(2,18)19)7-8-14(15)16/h3-9,17H,10H2,1-2H3. The smallest absolute Gasteiger partial charge is 0.175 e. The first-order valence-electron chi connectivity index (χ1n) is 6.15. The van der Waals surface area contributed by atoms with Crippen molar-refractivity contribution in [3.63, 3.8) is 0 Å². The van der Waals surface area contributed by atoms with Gasteiger partial charge in [-0.05, 0) is 30.7 Å². The molecular weight excluding hydrogens is 294 g/mol. The van der Waals surface area contributed by atoms with Crippen molar-refractivity contribution in [1.29, 1.82) is 0 Å². The van der Waals surface area contributed by atoms with Crippen molar-refractivity contribution >= 4 is 27.1 Å². The third-order valence-corrected chi connectivity index (χ3v) is 4.41. The molecule has 5 heteroatoms. The minimum Gasteiger partial charge on any atom is -0.380 e. The van der Waals surface area contributed by atoms with E-state index in [1.807, 2.05) is 31.2 Å². The van der Waals surface area contributed by atoms with Gasteiger partial charge in [-0.25, -0.2) is 8.42 Å². The van der Waals surface area contributed by atoms with Crippen molar-refractivity contribution < 1.29 is 8.42 Å². The van der Waals surface area contributed by atoms with Gasteiger partial charge in [0.1, 0.15) is 0 Å². The van der Waals surface area contributed by atoms with Gasteiger partial charge < -0.3 is 5.32 Å². The molecule has 0 unspecified atom stereocenters. The Morgan fingerprint density at radius 1 is 1.10 bits per heavy atom. The molecule has 2 rings (SSSR count). The number of sulfone groups is 1. The maximum absolute atomic E-state index is 11.5. The molecule has 0 radical (unpaired) electrons. The quantitative estimate of drug-likeness (QED) is 0.937. The van der Waals surface area contributed by atoms with E-state index in [2.05, 4.69) is 5.32 Å². The van der Waals surface area contributed by atoms with E-state index < -0.39 is 9.84 Å². The molecule has 0 aliphatic carbocycles. The molecule has 0 aliphatic heterocycles. The molecule has 1 N–H and O–H groups in total. The lowest BCUT2D eigenvalue weighted by Crippen LogP contribution is -2.03. The fourth-order valence-corrected chi connectivity index (χ4v) is 2.61. The maximum Gasteiger partial charge on any atom is 0.175 e. The van der Waals surface area contributed by atoms with E-state index in [1.165, 1.54) is 17.9 Å². The lowest BCUT2D eigenvalue weighted by Gasteiger charge is -2.10.